The maximum absolute atomic E-state index is 12.8. The van der Waals surface area contributed by atoms with E-state index in [1.807, 2.05) is 0 Å². The van der Waals surface area contributed by atoms with Gasteiger partial charge < -0.3 is 19.9 Å². The second-order valence-corrected chi connectivity index (χ2v) is 7.93. The Bertz CT molecular complexity index is 1140. The zero-order chi connectivity index (χ0) is 24.2. The average Bonchev–Trinajstić information content (AvgIpc) is 3.07. The lowest BCUT2D eigenvalue weighted by Gasteiger charge is -2.14. The van der Waals surface area contributed by atoms with Gasteiger partial charge in [0.15, 0.2) is 16.7 Å². The third-order valence-corrected chi connectivity index (χ3v) is 5.39. The number of benzene rings is 1. The molecule has 1 atom stereocenters. The van der Waals surface area contributed by atoms with Crippen LogP contribution in [0, 0.1) is 0 Å². The fraction of sp³-hybridized carbons (Fsp3) is 0.211. The van der Waals surface area contributed by atoms with Crippen molar-refractivity contribution in [3.8, 4) is 17.4 Å². The molecule has 0 bridgehead atoms. The number of halogens is 4. The van der Waals surface area contributed by atoms with E-state index in [0.717, 1.165) is 11.8 Å². The molecule has 0 radical (unpaired) electrons. The van der Waals surface area contributed by atoms with Gasteiger partial charge in [0.2, 0.25) is 11.8 Å². The molecule has 3 rings (SSSR count). The Labute approximate surface area is 193 Å². The molecule has 1 amide bonds. The molecule has 2 heterocycles. The lowest BCUT2D eigenvalue weighted by molar-refractivity contribution is -0.138. The Hall–Kier alpha value is -3.32. The molecule has 14 heteroatoms. The summed E-state index contributed by atoms with van der Waals surface area (Å²) in [6, 6.07) is 5.40. The van der Waals surface area contributed by atoms with Crippen LogP contribution < -0.4 is 14.8 Å². The van der Waals surface area contributed by atoms with Crippen LogP contribution in [-0.2, 0) is 15.8 Å². The van der Waals surface area contributed by atoms with E-state index in [1.54, 1.807) is 18.2 Å². The van der Waals surface area contributed by atoms with Crippen molar-refractivity contribution in [3.63, 3.8) is 0 Å². The standard InChI is InChI=1S/C19H14ClF3N4O5S/c1-31-12-4-2-3-9(7-25-27-18-26-16(30)13(33-18)6-14(28)29)15(12)32-17-11(20)5-10(8-24-17)19(21,22)23/h2-5,7-8,13H,6H2,1H3,(H,28,29)(H,26,27,30). The molecule has 33 heavy (non-hydrogen) atoms. The van der Waals surface area contributed by atoms with Gasteiger partial charge in [-0.05, 0) is 18.2 Å². The molecule has 1 aliphatic rings. The first-order chi connectivity index (χ1) is 15.6. The van der Waals surface area contributed by atoms with Crippen LogP contribution in [0.2, 0.25) is 5.02 Å². The van der Waals surface area contributed by atoms with Gasteiger partial charge in [-0.3, -0.25) is 9.59 Å². The van der Waals surface area contributed by atoms with E-state index in [0.29, 0.717) is 17.8 Å². The molecule has 0 saturated carbocycles. The number of aliphatic carboxylic acids is 1. The van der Waals surface area contributed by atoms with Crippen molar-refractivity contribution in [2.75, 3.05) is 7.11 Å². The highest BCUT2D eigenvalue weighted by molar-refractivity contribution is 8.15. The van der Waals surface area contributed by atoms with Crippen LogP contribution >= 0.6 is 23.4 Å². The number of hydrogen-bond donors (Lipinski definition) is 2. The maximum Gasteiger partial charge on any atom is 0.417 e. The normalized spacial score (nSPS) is 17.4. The summed E-state index contributed by atoms with van der Waals surface area (Å²) in [5.41, 5.74) is -0.720. The molecule has 2 N–H and O–H groups in total. The SMILES string of the molecule is COc1cccc(C=NN=C2NC(=O)C(CC(=O)O)S2)c1Oc1ncc(C(F)(F)F)cc1Cl. The molecule has 1 saturated heterocycles. The van der Waals surface area contributed by atoms with Gasteiger partial charge in [-0.1, -0.05) is 29.4 Å². The largest absolute Gasteiger partial charge is 0.493 e. The second kappa shape index (κ2) is 10.1. The number of amidine groups is 1. The number of hydrogen-bond acceptors (Lipinski definition) is 8. The Balaban J connectivity index is 1.84. The zero-order valence-corrected chi connectivity index (χ0v) is 18.2. The van der Waals surface area contributed by atoms with Crippen molar-refractivity contribution in [2.45, 2.75) is 17.8 Å². The second-order valence-electron chi connectivity index (χ2n) is 6.33. The van der Waals surface area contributed by atoms with Gasteiger partial charge >= 0.3 is 12.1 Å². The number of carbonyl (C=O) groups excluding carboxylic acids is 1. The summed E-state index contributed by atoms with van der Waals surface area (Å²) in [6.45, 7) is 0. The van der Waals surface area contributed by atoms with Gasteiger partial charge in [0.25, 0.3) is 0 Å². The first kappa shape index (κ1) is 24.3. The summed E-state index contributed by atoms with van der Waals surface area (Å²) in [5.74, 6) is -1.63. The van der Waals surface area contributed by atoms with Gasteiger partial charge in [-0.2, -0.15) is 18.3 Å². The number of pyridine rings is 1. The summed E-state index contributed by atoms with van der Waals surface area (Å²) in [6.07, 6.45) is -3.15. The maximum atomic E-state index is 12.8. The number of aromatic nitrogens is 1. The molecule has 1 aliphatic heterocycles. The molecule has 2 aromatic rings. The lowest BCUT2D eigenvalue weighted by Crippen LogP contribution is -2.26. The number of para-hydroxylation sites is 1. The number of methoxy groups -OCH3 is 1. The molecule has 1 unspecified atom stereocenters. The highest BCUT2D eigenvalue weighted by Gasteiger charge is 2.33. The summed E-state index contributed by atoms with van der Waals surface area (Å²) >= 11 is 6.84. The highest BCUT2D eigenvalue weighted by atomic mass is 35.5. The minimum absolute atomic E-state index is 0.0602. The van der Waals surface area contributed by atoms with Gasteiger partial charge in [0.1, 0.15) is 10.3 Å². The summed E-state index contributed by atoms with van der Waals surface area (Å²) in [5, 5.41) is 17.9. The first-order valence-electron chi connectivity index (χ1n) is 8.96. The number of nitrogens with one attached hydrogen (secondary N) is 1. The lowest BCUT2D eigenvalue weighted by atomic mass is 10.2. The number of ether oxygens (including phenoxy) is 2. The quantitative estimate of drug-likeness (QED) is 0.434. The Kier molecular flexibility index (Phi) is 7.43. The van der Waals surface area contributed by atoms with E-state index >= 15 is 0 Å². The molecule has 0 aliphatic carbocycles. The molecule has 1 aromatic carbocycles. The van der Waals surface area contributed by atoms with E-state index < -0.39 is 28.9 Å². The van der Waals surface area contributed by atoms with Crippen molar-refractivity contribution >= 4 is 46.6 Å². The van der Waals surface area contributed by atoms with Crippen LogP contribution in [0.3, 0.4) is 0 Å². The van der Waals surface area contributed by atoms with E-state index in [-0.39, 0.29) is 34.0 Å². The van der Waals surface area contributed by atoms with Crippen LogP contribution in [0.15, 0.2) is 40.7 Å². The Morgan fingerprint density at radius 1 is 1.42 bits per heavy atom. The molecule has 1 fully saturated rings. The predicted molar refractivity (Wildman–Crippen MR) is 114 cm³/mol. The van der Waals surface area contributed by atoms with Gasteiger partial charge in [0, 0.05) is 11.8 Å². The van der Waals surface area contributed by atoms with Crippen LogP contribution in [0.1, 0.15) is 17.5 Å². The molecule has 0 spiro atoms. The van der Waals surface area contributed by atoms with Gasteiger partial charge in [0.05, 0.1) is 25.3 Å². The van der Waals surface area contributed by atoms with Crippen LogP contribution in [-0.4, -0.2) is 45.7 Å². The highest BCUT2D eigenvalue weighted by Crippen LogP contribution is 2.38. The van der Waals surface area contributed by atoms with E-state index in [2.05, 4.69) is 20.5 Å². The monoisotopic (exact) mass is 502 g/mol. The van der Waals surface area contributed by atoms with Crippen molar-refractivity contribution in [1.82, 2.24) is 10.3 Å². The number of thioether (sulfide) groups is 1. The molecular formula is C19H14ClF3N4O5S. The van der Waals surface area contributed by atoms with E-state index in [4.69, 9.17) is 26.2 Å². The number of amides is 1. The van der Waals surface area contributed by atoms with Gasteiger partial charge in [-0.25, -0.2) is 4.98 Å². The fourth-order valence-corrected chi connectivity index (χ4v) is 3.67. The topological polar surface area (TPSA) is 122 Å². The Morgan fingerprint density at radius 2 is 2.18 bits per heavy atom. The van der Waals surface area contributed by atoms with Crippen LogP contribution in [0.25, 0.3) is 0 Å². The predicted octanol–water partition coefficient (Wildman–Crippen LogP) is 3.95. The molecular weight excluding hydrogens is 489 g/mol. The third kappa shape index (κ3) is 6.14. The van der Waals surface area contributed by atoms with E-state index in [9.17, 15) is 22.8 Å². The van der Waals surface area contributed by atoms with Crippen molar-refractivity contribution < 1.29 is 37.3 Å². The average molecular weight is 503 g/mol. The number of carboxylic acid groups (broad SMARTS) is 1. The van der Waals surface area contributed by atoms with Gasteiger partial charge in [-0.15, -0.1) is 5.10 Å². The van der Waals surface area contributed by atoms with Crippen molar-refractivity contribution in [2.24, 2.45) is 10.2 Å². The number of alkyl halides is 3. The molecule has 174 valence electrons. The van der Waals surface area contributed by atoms with Crippen molar-refractivity contribution in [1.29, 1.82) is 0 Å². The van der Waals surface area contributed by atoms with E-state index in [1.165, 1.54) is 13.3 Å². The van der Waals surface area contributed by atoms with Crippen molar-refractivity contribution in [3.05, 3.63) is 46.6 Å². The zero-order valence-electron chi connectivity index (χ0n) is 16.6. The smallest absolute Gasteiger partial charge is 0.417 e. The number of nitrogens with zero attached hydrogens (tertiary/aromatic N) is 3. The first-order valence-corrected chi connectivity index (χ1v) is 10.2. The molecule has 1 aromatic heterocycles. The summed E-state index contributed by atoms with van der Waals surface area (Å²) < 4.78 is 49.4. The third-order valence-electron chi connectivity index (χ3n) is 4.04. The molecule has 9 nitrogen and oxygen atoms in total. The van der Waals surface area contributed by atoms with Crippen LogP contribution in [0.4, 0.5) is 13.2 Å². The summed E-state index contributed by atoms with van der Waals surface area (Å²) in [7, 11) is 1.36. The fourth-order valence-electron chi connectivity index (χ4n) is 2.55. The minimum atomic E-state index is -4.62. The number of carboxylic acids is 1. The number of carbonyl (C=O) groups is 2. The summed E-state index contributed by atoms with van der Waals surface area (Å²) in [4.78, 5) is 26.2. The minimum Gasteiger partial charge on any atom is -0.493 e. The number of rotatable bonds is 7. The Morgan fingerprint density at radius 3 is 2.82 bits per heavy atom. The van der Waals surface area contributed by atoms with Crippen LogP contribution in [0.5, 0.6) is 17.4 Å².